The average Bonchev–Trinajstić information content (AvgIpc) is 2.54. The van der Waals surface area contributed by atoms with Gasteiger partial charge in [0, 0.05) is 24.3 Å². The van der Waals surface area contributed by atoms with Crippen molar-refractivity contribution in [2.45, 2.75) is 0 Å². The highest BCUT2D eigenvalue weighted by molar-refractivity contribution is 6.05. The molecule has 2 aromatic heterocycles. The molecule has 0 saturated heterocycles. The van der Waals surface area contributed by atoms with Crippen LogP contribution in [-0.4, -0.2) is 20.9 Å². The third-order valence-corrected chi connectivity index (χ3v) is 2.84. The Hall–Kier alpha value is -3.33. The highest BCUT2D eigenvalue weighted by Gasteiger charge is 2.09. The van der Waals surface area contributed by atoms with E-state index in [1.165, 1.54) is 6.20 Å². The number of aromatic nitrogens is 3. The monoisotopic (exact) mass is 275 g/mol. The lowest BCUT2D eigenvalue weighted by Gasteiger charge is -2.05. The van der Waals surface area contributed by atoms with Gasteiger partial charge < -0.3 is 5.32 Å². The van der Waals surface area contributed by atoms with Crippen molar-refractivity contribution in [1.29, 1.82) is 5.26 Å². The summed E-state index contributed by atoms with van der Waals surface area (Å²) in [6.07, 6.45) is 4.53. The average molecular weight is 275 g/mol. The SMILES string of the molecule is N#Cc1cccc(NC(=O)c2cnc3nccnc3c2)c1. The molecule has 1 aromatic carbocycles. The summed E-state index contributed by atoms with van der Waals surface area (Å²) in [4.78, 5) is 24.4. The van der Waals surface area contributed by atoms with E-state index >= 15 is 0 Å². The van der Waals surface area contributed by atoms with E-state index < -0.39 is 0 Å². The fraction of sp³-hybridized carbons (Fsp3) is 0. The third-order valence-electron chi connectivity index (χ3n) is 2.84. The minimum Gasteiger partial charge on any atom is -0.322 e. The Morgan fingerprint density at radius 2 is 2.00 bits per heavy atom. The number of benzene rings is 1. The fourth-order valence-corrected chi connectivity index (χ4v) is 1.85. The fourth-order valence-electron chi connectivity index (χ4n) is 1.85. The summed E-state index contributed by atoms with van der Waals surface area (Å²) >= 11 is 0. The van der Waals surface area contributed by atoms with E-state index in [0.717, 1.165) is 0 Å². The lowest BCUT2D eigenvalue weighted by atomic mass is 10.2. The van der Waals surface area contributed by atoms with Crippen molar-refractivity contribution in [3.05, 3.63) is 60.0 Å². The van der Waals surface area contributed by atoms with Gasteiger partial charge in [0.2, 0.25) is 0 Å². The summed E-state index contributed by atoms with van der Waals surface area (Å²) in [6.45, 7) is 0. The molecule has 2 heterocycles. The molecule has 0 radical (unpaired) electrons. The first-order valence-electron chi connectivity index (χ1n) is 6.14. The van der Waals surface area contributed by atoms with Crippen molar-refractivity contribution in [2.24, 2.45) is 0 Å². The van der Waals surface area contributed by atoms with Crippen LogP contribution < -0.4 is 5.32 Å². The minimum absolute atomic E-state index is 0.315. The number of nitrogens with one attached hydrogen (secondary N) is 1. The molecular weight excluding hydrogens is 266 g/mol. The van der Waals surface area contributed by atoms with E-state index in [1.54, 1.807) is 42.7 Å². The first-order valence-corrected chi connectivity index (χ1v) is 6.14. The van der Waals surface area contributed by atoms with Crippen molar-refractivity contribution in [1.82, 2.24) is 15.0 Å². The van der Waals surface area contributed by atoms with Crippen LogP contribution in [0.4, 0.5) is 5.69 Å². The molecule has 3 rings (SSSR count). The molecule has 0 bridgehead atoms. The molecule has 0 atom stereocenters. The molecule has 1 amide bonds. The Kier molecular flexibility index (Phi) is 3.23. The lowest BCUT2D eigenvalue weighted by Crippen LogP contribution is -2.12. The molecule has 0 fully saturated rings. The predicted molar refractivity (Wildman–Crippen MR) is 76.4 cm³/mol. The zero-order chi connectivity index (χ0) is 14.7. The van der Waals surface area contributed by atoms with E-state index in [-0.39, 0.29) is 5.91 Å². The van der Waals surface area contributed by atoms with Crippen molar-refractivity contribution >= 4 is 22.8 Å². The van der Waals surface area contributed by atoms with E-state index in [2.05, 4.69) is 20.3 Å². The van der Waals surface area contributed by atoms with Gasteiger partial charge >= 0.3 is 0 Å². The number of hydrogen-bond donors (Lipinski definition) is 1. The van der Waals surface area contributed by atoms with Crippen molar-refractivity contribution in [3.8, 4) is 6.07 Å². The maximum absolute atomic E-state index is 12.2. The molecule has 21 heavy (non-hydrogen) atoms. The second-order valence-corrected chi connectivity index (χ2v) is 4.27. The normalized spacial score (nSPS) is 10.0. The van der Waals surface area contributed by atoms with E-state index in [4.69, 9.17) is 5.26 Å². The molecular formula is C15H9N5O. The van der Waals surface area contributed by atoms with Gasteiger partial charge in [-0.2, -0.15) is 5.26 Å². The van der Waals surface area contributed by atoms with Gasteiger partial charge in [0.1, 0.15) is 5.52 Å². The summed E-state index contributed by atoms with van der Waals surface area (Å²) in [5.74, 6) is -0.315. The van der Waals surface area contributed by atoms with Gasteiger partial charge in [-0.1, -0.05) is 6.07 Å². The molecule has 100 valence electrons. The number of amides is 1. The Balaban J connectivity index is 1.88. The van der Waals surface area contributed by atoms with E-state index in [1.807, 2.05) is 6.07 Å². The number of rotatable bonds is 2. The summed E-state index contributed by atoms with van der Waals surface area (Å²) in [6, 6.07) is 10.3. The Labute approximate surface area is 120 Å². The largest absolute Gasteiger partial charge is 0.322 e. The first-order chi connectivity index (χ1) is 10.3. The van der Waals surface area contributed by atoms with Crippen molar-refractivity contribution in [3.63, 3.8) is 0 Å². The predicted octanol–water partition coefficient (Wildman–Crippen LogP) is 2.15. The van der Waals surface area contributed by atoms with Crippen LogP contribution in [0.25, 0.3) is 11.2 Å². The van der Waals surface area contributed by atoms with Crippen molar-refractivity contribution in [2.75, 3.05) is 5.32 Å². The van der Waals surface area contributed by atoms with Crippen molar-refractivity contribution < 1.29 is 4.79 Å². The molecule has 0 saturated carbocycles. The zero-order valence-electron chi connectivity index (χ0n) is 10.8. The molecule has 0 aliphatic carbocycles. The lowest BCUT2D eigenvalue weighted by molar-refractivity contribution is 0.102. The number of carbonyl (C=O) groups excluding carboxylic acids is 1. The number of nitrogens with zero attached hydrogens (tertiary/aromatic N) is 4. The van der Waals surface area contributed by atoms with Crippen LogP contribution in [0.1, 0.15) is 15.9 Å². The molecule has 1 N–H and O–H groups in total. The summed E-state index contributed by atoms with van der Waals surface area (Å²) in [7, 11) is 0. The maximum Gasteiger partial charge on any atom is 0.257 e. The van der Waals surface area contributed by atoms with Crippen LogP contribution in [0, 0.1) is 11.3 Å². The maximum atomic E-state index is 12.2. The molecule has 0 spiro atoms. The van der Waals surface area contributed by atoms with Gasteiger partial charge in [-0.05, 0) is 24.3 Å². The second-order valence-electron chi connectivity index (χ2n) is 4.27. The van der Waals surface area contributed by atoms with Gasteiger partial charge in [-0.25, -0.2) is 9.97 Å². The summed E-state index contributed by atoms with van der Waals surface area (Å²) in [5, 5.41) is 11.6. The van der Waals surface area contributed by atoms with Crippen LogP contribution in [-0.2, 0) is 0 Å². The summed E-state index contributed by atoms with van der Waals surface area (Å²) < 4.78 is 0. The van der Waals surface area contributed by atoms with Crippen LogP contribution >= 0.6 is 0 Å². The van der Waals surface area contributed by atoms with Crippen LogP contribution in [0.15, 0.2) is 48.9 Å². The molecule has 6 nitrogen and oxygen atoms in total. The molecule has 0 aliphatic rings. The zero-order valence-corrected chi connectivity index (χ0v) is 10.8. The number of nitriles is 1. The standard InChI is InChI=1S/C15H9N5O/c16-8-10-2-1-3-12(6-10)20-15(21)11-7-13-14(19-9-11)18-5-4-17-13/h1-7,9H,(H,20,21). The van der Waals surface area contributed by atoms with E-state index in [0.29, 0.717) is 28.0 Å². The Morgan fingerprint density at radius 3 is 2.86 bits per heavy atom. The molecule has 0 aliphatic heterocycles. The highest BCUT2D eigenvalue weighted by Crippen LogP contribution is 2.13. The van der Waals surface area contributed by atoms with Gasteiger partial charge in [0.05, 0.1) is 17.2 Å². The van der Waals surface area contributed by atoms with Crippen LogP contribution in [0.3, 0.4) is 0 Å². The quantitative estimate of drug-likeness (QED) is 0.773. The van der Waals surface area contributed by atoms with Crippen LogP contribution in [0.5, 0.6) is 0 Å². The molecule has 6 heteroatoms. The number of pyridine rings is 1. The minimum atomic E-state index is -0.315. The summed E-state index contributed by atoms with van der Waals surface area (Å²) in [5.41, 5.74) is 2.45. The van der Waals surface area contributed by atoms with Gasteiger partial charge in [-0.15, -0.1) is 0 Å². The number of fused-ring (bicyclic) bond motifs is 1. The van der Waals surface area contributed by atoms with Gasteiger partial charge in [-0.3, -0.25) is 9.78 Å². The van der Waals surface area contributed by atoms with Gasteiger partial charge in [0.15, 0.2) is 5.65 Å². The smallest absolute Gasteiger partial charge is 0.257 e. The van der Waals surface area contributed by atoms with Crippen LogP contribution in [0.2, 0.25) is 0 Å². The second kappa shape index (κ2) is 5.35. The first kappa shape index (κ1) is 12.7. The number of anilines is 1. The number of hydrogen-bond acceptors (Lipinski definition) is 5. The Bertz CT molecular complexity index is 869. The van der Waals surface area contributed by atoms with E-state index in [9.17, 15) is 4.79 Å². The number of carbonyl (C=O) groups is 1. The van der Waals surface area contributed by atoms with Gasteiger partial charge in [0.25, 0.3) is 5.91 Å². The molecule has 0 unspecified atom stereocenters. The molecule has 3 aromatic rings. The third kappa shape index (κ3) is 2.67. The Morgan fingerprint density at radius 1 is 1.14 bits per heavy atom. The highest BCUT2D eigenvalue weighted by atomic mass is 16.1. The topological polar surface area (TPSA) is 91.6 Å².